The Balaban J connectivity index is 1.20. The molecule has 8 aromatic carbocycles. The molecule has 0 aliphatic carbocycles. The minimum Gasteiger partial charge on any atom is -0.317 e. The van der Waals surface area contributed by atoms with Crippen molar-refractivity contribution in [3.8, 4) is 33.6 Å². The molecule has 0 fully saturated rings. The van der Waals surface area contributed by atoms with Crippen LogP contribution in [0.25, 0.3) is 87.9 Å². The number of fused-ring (bicyclic) bond motifs is 9. The van der Waals surface area contributed by atoms with Crippen LogP contribution in [0.4, 0.5) is 0 Å². The molecule has 0 amide bonds. The van der Waals surface area contributed by atoms with E-state index in [1.54, 1.807) is 0 Å². The molecule has 0 saturated heterocycles. The first-order valence-corrected chi connectivity index (χ1v) is 16.5. The second kappa shape index (κ2) is 10.6. The molecule has 2 nitrogen and oxygen atoms in total. The molecular weight excluding hydrogens is 581 g/mol. The predicted octanol–water partition coefficient (Wildman–Crippen LogP) is 12.4. The van der Waals surface area contributed by atoms with Gasteiger partial charge < -0.3 is 9.13 Å². The van der Waals surface area contributed by atoms with E-state index in [1.165, 1.54) is 76.5 Å². The normalized spacial score (nSPS) is 11.8. The molecule has 0 atom stereocenters. The van der Waals surface area contributed by atoms with Gasteiger partial charge in [0.2, 0.25) is 0 Å². The summed E-state index contributed by atoms with van der Waals surface area (Å²) >= 11 is 0. The van der Waals surface area contributed by atoms with Crippen LogP contribution in [0.1, 0.15) is 0 Å². The Morgan fingerprint density at radius 3 is 1.67 bits per heavy atom. The monoisotopic (exact) mass is 610 g/mol. The molecule has 0 aliphatic heterocycles. The number of nitrogens with zero attached hydrogens (tertiary/aromatic N) is 2. The molecular formula is C46H30N2. The molecule has 48 heavy (non-hydrogen) atoms. The van der Waals surface area contributed by atoms with E-state index in [-0.39, 0.29) is 0 Å². The molecule has 0 spiro atoms. The third-order valence-electron chi connectivity index (χ3n) is 9.95. The summed E-state index contributed by atoms with van der Waals surface area (Å²) in [6, 6.07) is 64.0. The quantitative estimate of drug-likeness (QED) is 0.175. The molecule has 0 aliphatic rings. The number of hydrogen-bond donors (Lipinski definition) is 0. The van der Waals surface area contributed by atoms with Crippen molar-refractivity contribution in [3.63, 3.8) is 0 Å². The van der Waals surface area contributed by atoms with Crippen molar-refractivity contribution in [1.29, 1.82) is 0 Å². The summed E-state index contributed by atoms with van der Waals surface area (Å²) in [6.07, 6.45) is 2.16. The molecule has 0 N–H and O–H groups in total. The second-order valence-corrected chi connectivity index (χ2v) is 12.6. The van der Waals surface area contributed by atoms with Crippen LogP contribution in [0.15, 0.2) is 182 Å². The molecule has 10 rings (SSSR count). The van der Waals surface area contributed by atoms with Crippen LogP contribution in [0.5, 0.6) is 0 Å². The fourth-order valence-electron chi connectivity index (χ4n) is 7.68. The van der Waals surface area contributed by atoms with Gasteiger partial charge in [-0.25, -0.2) is 0 Å². The molecule has 0 saturated carbocycles. The molecule has 0 bridgehead atoms. The van der Waals surface area contributed by atoms with Crippen molar-refractivity contribution < 1.29 is 0 Å². The fourth-order valence-corrected chi connectivity index (χ4v) is 7.68. The van der Waals surface area contributed by atoms with Gasteiger partial charge in [-0.3, -0.25) is 0 Å². The van der Waals surface area contributed by atoms with Gasteiger partial charge in [-0.2, -0.15) is 0 Å². The maximum atomic E-state index is 2.47. The average molecular weight is 611 g/mol. The van der Waals surface area contributed by atoms with Crippen LogP contribution < -0.4 is 0 Å². The van der Waals surface area contributed by atoms with Crippen LogP contribution in [0.3, 0.4) is 0 Å². The van der Waals surface area contributed by atoms with Gasteiger partial charge in [0.1, 0.15) is 0 Å². The number of para-hydroxylation sites is 1. The Morgan fingerprint density at radius 2 is 0.896 bits per heavy atom. The van der Waals surface area contributed by atoms with E-state index >= 15 is 0 Å². The van der Waals surface area contributed by atoms with Gasteiger partial charge in [0.15, 0.2) is 0 Å². The number of benzene rings is 8. The summed E-state index contributed by atoms with van der Waals surface area (Å²) in [4.78, 5) is 0. The van der Waals surface area contributed by atoms with E-state index in [9.17, 15) is 0 Å². The maximum Gasteiger partial charge on any atom is 0.0625 e. The lowest BCUT2D eigenvalue weighted by molar-refractivity contribution is 1.13. The van der Waals surface area contributed by atoms with E-state index in [1.807, 2.05) is 0 Å². The zero-order chi connectivity index (χ0) is 31.6. The van der Waals surface area contributed by atoms with Gasteiger partial charge in [-0.1, -0.05) is 127 Å². The van der Waals surface area contributed by atoms with Gasteiger partial charge in [-0.05, 0) is 92.3 Å². The Kier molecular flexibility index (Phi) is 5.91. The number of aromatic nitrogens is 2. The molecule has 2 heteroatoms. The first kappa shape index (κ1) is 26.8. The summed E-state index contributed by atoms with van der Waals surface area (Å²) in [5.41, 5.74) is 10.8. The first-order valence-electron chi connectivity index (χ1n) is 16.5. The highest BCUT2D eigenvalue weighted by atomic mass is 15.0. The highest BCUT2D eigenvalue weighted by Crippen LogP contribution is 2.43. The zero-order valence-electron chi connectivity index (χ0n) is 26.2. The number of hydrogen-bond acceptors (Lipinski definition) is 0. The van der Waals surface area contributed by atoms with Crippen LogP contribution in [-0.2, 0) is 0 Å². The second-order valence-electron chi connectivity index (χ2n) is 12.6. The van der Waals surface area contributed by atoms with Crippen LogP contribution in [0, 0.1) is 0 Å². The van der Waals surface area contributed by atoms with Gasteiger partial charge >= 0.3 is 0 Å². The van der Waals surface area contributed by atoms with E-state index < -0.39 is 0 Å². The zero-order valence-corrected chi connectivity index (χ0v) is 26.2. The standard InChI is InChI=1S/C46H30N2/c1-2-10-31(11-3-1)32-20-25-37(26-21-32)48-44-27-22-35(33-18-23-36(24-19-33)47-29-28-34-12-4-9-17-43(34)47)30-42(44)45-40-15-7-5-13-38(40)39-14-6-8-16-41(39)46(45)48/h1-30H. The van der Waals surface area contributed by atoms with Crippen LogP contribution >= 0.6 is 0 Å². The van der Waals surface area contributed by atoms with Crippen molar-refractivity contribution in [2.45, 2.75) is 0 Å². The largest absolute Gasteiger partial charge is 0.317 e. The highest BCUT2D eigenvalue weighted by Gasteiger charge is 2.19. The third-order valence-corrected chi connectivity index (χ3v) is 9.95. The minimum absolute atomic E-state index is 1.16. The molecule has 10 aromatic rings. The Morgan fingerprint density at radius 1 is 0.333 bits per heavy atom. The molecule has 2 heterocycles. The Hall–Kier alpha value is -6.38. The lowest BCUT2D eigenvalue weighted by atomic mass is 9.95. The van der Waals surface area contributed by atoms with Crippen molar-refractivity contribution in [2.24, 2.45) is 0 Å². The Bertz CT molecular complexity index is 2800. The van der Waals surface area contributed by atoms with Gasteiger partial charge in [-0.15, -0.1) is 0 Å². The lowest BCUT2D eigenvalue weighted by Gasteiger charge is -2.13. The summed E-state index contributed by atoms with van der Waals surface area (Å²) in [7, 11) is 0. The van der Waals surface area contributed by atoms with E-state index in [2.05, 4.69) is 191 Å². The van der Waals surface area contributed by atoms with Crippen LogP contribution in [0.2, 0.25) is 0 Å². The number of rotatable bonds is 4. The van der Waals surface area contributed by atoms with Gasteiger partial charge in [0, 0.05) is 33.7 Å². The summed E-state index contributed by atoms with van der Waals surface area (Å²) in [5.74, 6) is 0. The summed E-state index contributed by atoms with van der Waals surface area (Å²) in [6.45, 7) is 0. The van der Waals surface area contributed by atoms with Crippen molar-refractivity contribution in [1.82, 2.24) is 9.13 Å². The SMILES string of the molecule is c1ccc(-c2ccc(-n3c4ccc(-c5ccc(-n6ccc7ccccc76)cc5)cc4c4c5ccccc5c5ccccc5c43)cc2)cc1. The van der Waals surface area contributed by atoms with Crippen LogP contribution in [-0.4, -0.2) is 9.13 Å². The van der Waals surface area contributed by atoms with Crippen molar-refractivity contribution in [3.05, 3.63) is 182 Å². The van der Waals surface area contributed by atoms with Gasteiger partial charge in [0.05, 0.1) is 16.6 Å². The van der Waals surface area contributed by atoms with E-state index in [4.69, 9.17) is 0 Å². The van der Waals surface area contributed by atoms with E-state index in [0.29, 0.717) is 0 Å². The fraction of sp³-hybridized carbons (Fsp3) is 0. The molecule has 224 valence electrons. The Labute approximate surface area is 278 Å². The molecule has 0 radical (unpaired) electrons. The minimum atomic E-state index is 1.16. The van der Waals surface area contributed by atoms with Crippen molar-refractivity contribution >= 4 is 54.3 Å². The van der Waals surface area contributed by atoms with E-state index in [0.717, 1.165) is 11.4 Å². The lowest BCUT2D eigenvalue weighted by Crippen LogP contribution is -1.95. The maximum absolute atomic E-state index is 2.47. The molecule has 2 aromatic heterocycles. The molecule has 0 unspecified atom stereocenters. The summed E-state index contributed by atoms with van der Waals surface area (Å²) < 4.78 is 4.73. The summed E-state index contributed by atoms with van der Waals surface area (Å²) in [5, 5.41) is 8.91. The topological polar surface area (TPSA) is 9.86 Å². The van der Waals surface area contributed by atoms with Crippen molar-refractivity contribution in [2.75, 3.05) is 0 Å². The average Bonchev–Trinajstić information content (AvgIpc) is 3.75. The first-order chi connectivity index (χ1) is 23.8. The smallest absolute Gasteiger partial charge is 0.0625 e. The highest BCUT2D eigenvalue weighted by molar-refractivity contribution is 6.32. The van der Waals surface area contributed by atoms with Gasteiger partial charge in [0.25, 0.3) is 0 Å². The predicted molar refractivity (Wildman–Crippen MR) is 203 cm³/mol. The third kappa shape index (κ3) is 4.06.